The molecular formula is C12H16BrNO2S. The van der Waals surface area contributed by atoms with Gasteiger partial charge in [0.15, 0.2) is 0 Å². The van der Waals surface area contributed by atoms with Crippen LogP contribution in [-0.4, -0.2) is 27.7 Å². The highest BCUT2D eigenvalue weighted by Crippen LogP contribution is 2.49. The van der Waals surface area contributed by atoms with Gasteiger partial charge in [0.05, 0.1) is 3.79 Å². The van der Waals surface area contributed by atoms with Crippen LogP contribution in [0.15, 0.2) is 15.9 Å². The first-order chi connectivity index (χ1) is 7.80. The topological polar surface area (TPSA) is 40.5 Å². The summed E-state index contributed by atoms with van der Waals surface area (Å²) in [4.78, 5) is 14.2. The molecule has 0 aliphatic heterocycles. The monoisotopic (exact) mass is 317 g/mol. The summed E-state index contributed by atoms with van der Waals surface area (Å²) in [6.45, 7) is 5.84. The van der Waals surface area contributed by atoms with Crippen molar-refractivity contribution in [2.75, 3.05) is 0 Å². The second-order valence-electron chi connectivity index (χ2n) is 5.37. The van der Waals surface area contributed by atoms with Crippen LogP contribution in [0.2, 0.25) is 0 Å². The van der Waals surface area contributed by atoms with Gasteiger partial charge in [0.1, 0.15) is 0 Å². The van der Waals surface area contributed by atoms with Gasteiger partial charge < -0.3 is 5.11 Å². The molecule has 1 aromatic heterocycles. The Hall–Kier alpha value is -0.550. The first kappa shape index (κ1) is 12.9. The van der Waals surface area contributed by atoms with Crippen LogP contribution in [0, 0.1) is 0 Å². The van der Waals surface area contributed by atoms with Crippen molar-refractivity contribution < 1.29 is 9.90 Å². The zero-order valence-corrected chi connectivity index (χ0v) is 12.5. The summed E-state index contributed by atoms with van der Waals surface area (Å²) in [7, 11) is 0. The average molecular weight is 318 g/mol. The first-order valence-corrected chi connectivity index (χ1v) is 7.19. The van der Waals surface area contributed by atoms with Crippen molar-refractivity contribution in [3.05, 3.63) is 20.8 Å². The van der Waals surface area contributed by atoms with Crippen LogP contribution in [0.3, 0.4) is 0 Å². The highest BCUT2D eigenvalue weighted by molar-refractivity contribution is 9.11. The summed E-state index contributed by atoms with van der Waals surface area (Å²) < 4.78 is 1.11. The highest BCUT2D eigenvalue weighted by atomic mass is 79.9. The van der Waals surface area contributed by atoms with E-state index in [-0.39, 0.29) is 11.6 Å². The van der Waals surface area contributed by atoms with Crippen molar-refractivity contribution in [2.24, 2.45) is 0 Å². The van der Waals surface area contributed by atoms with E-state index < -0.39 is 6.09 Å². The maximum absolute atomic E-state index is 11.3. The molecule has 1 aromatic rings. The van der Waals surface area contributed by atoms with E-state index in [1.54, 1.807) is 16.2 Å². The normalized spacial score (nSPS) is 23.5. The molecule has 94 valence electrons. The lowest BCUT2D eigenvalue weighted by Gasteiger charge is -2.33. The number of halogens is 1. The van der Waals surface area contributed by atoms with Crippen LogP contribution in [0.5, 0.6) is 0 Å². The van der Waals surface area contributed by atoms with Crippen molar-refractivity contribution in [1.82, 2.24) is 4.90 Å². The quantitative estimate of drug-likeness (QED) is 0.890. The molecule has 17 heavy (non-hydrogen) atoms. The molecule has 5 heteroatoms. The van der Waals surface area contributed by atoms with E-state index in [0.29, 0.717) is 5.92 Å². The van der Waals surface area contributed by atoms with Crippen molar-refractivity contribution >= 4 is 33.4 Å². The van der Waals surface area contributed by atoms with Gasteiger partial charge in [0.25, 0.3) is 0 Å². The largest absolute Gasteiger partial charge is 0.465 e. The minimum Gasteiger partial charge on any atom is -0.465 e. The molecule has 2 atom stereocenters. The van der Waals surface area contributed by atoms with Crippen LogP contribution in [-0.2, 0) is 0 Å². The molecular weight excluding hydrogens is 302 g/mol. The molecule has 3 nitrogen and oxygen atoms in total. The molecule has 0 radical (unpaired) electrons. The SMILES string of the molecule is CC(C)(C)N(C(=O)O)C1CC1c1ccc(Br)s1. The number of hydrogen-bond donors (Lipinski definition) is 1. The standard InChI is InChI=1S/C12H16BrNO2S/c1-12(2,3)14(11(15)16)8-6-7(8)9-4-5-10(13)17-9/h4-5,7-8H,6H2,1-3H3,(H,15,16). The summed E-state index contributed by atoms with van der Waals surface area (Å²) in [6.07, 6.45) is 0.122. The lowest BCUT2D eigenvalue weighted by atomic mass is 10.1. The van der Waals surface area contributed by atoms with E-state index in [1.165, 1.54) is 4.88 Å². The van der Waals surface area contributed by atoms with Crippen molar-refractivity contribution in [1.29, 1.82) is 0 Å². The van der Waals surface area contributed by atoms with Gasteiger partial charge in [-0.25, -0.2) is 4.79 Å². The van der Waals surface area contributed by atoms with Crippen LogP contribution < -0.4 is 0 Å². The molecule has 1 heterocycles. The first-order valence-electron chi connectivity index (χ1n) is 5.58. The molecule has 1 fully saturated rings. The van der Waals surface area contributed by atoms with E-state index in [2.05, 4.69) is 22.0 Å². The van der Waals surface area contributed by atoms with Crippen LogP contribution in [0.25, 0.3) is 0 Å². The molecule has 1 aliphatic rings. The summed E-state index contributed by atoms with van der Waals surface area (Å²) in [5.41, 5.74) is -0.334. The van der Waals surface area contributed by atoms with Crippen molar-refractivity contribution in [3.63, 3.8) is 0 Å². The zero-order chi connectivity index (χ0) is 12.8. The summed E-state index contributed by atoms with van der Waals surface area (Å²) in [5, 5.41) is 9.31. The summed E-state index contributed by atoms with van der Waals surface area (Å²) in [5.74, 6) is 0.377. The van der Waals surface area contributed by atoms with Gasteiger partial charge in [-0.1, -0.05) is 0 Å². The number of hydrogen-bond acceptors (Lipinski definition) is 2. The van der Waals surface area contributed by atoms with Gasteiger partial charge in [-0.2, -0.15) is 0 Å². The number of carboxylic acid groups (broad SMARTS) is 1. The van der Waals surface area contributed by atoms with E-state index >= 15 is 0 Å². The lowest BCUT2D eigenvalue weighted by Crippen LogP contribution is -2.46. The van der Waals surface area contributed by atoms with E-state index in [1.807, 2.05) is 26.8 Å². The Labute approximate surface area is 114 Å². The van der Waals surface area contributed by atoms with Gasteiger partial charge in [0.2, 0.25) is 0 Å². The molecule has 2 unspecified atom stereocenters. The van der Waals surface area contributed by atoms with Crippen molar-refractivity contribution in [3.8, 4) is 0 Å². The zero-order valence-electron chi connectivity index (χ0n) is 10.1. The Kier molecular flexibility index (Phi) is 3.25. The van der Waals surface area contributed by atoms with Crippen LogP contribution >= 0.6 is 27.3 Å². The Morgan fingerprint density at radius 1 is 1.53 bits per heavy atom. The molecule has 2 rings (SSSR count). The van der Waals surface area contributed by atoms with Gasteiger partial charge in [-0.15, -0.1) is 11.3 Å². The maximum atomic E-state index is 11.3. The third-order valence-electron chi connectivity index (χ3n) is 2.98. The molecule has 0 bridgehead atoms. The van der Waals surface area contributed by atoms with E-state index in [4.69, 9.17) is 0 Å². The predicted molar refractivity (Wildman–Crippen MR) is 72.8 cm³/mol. The second kappa shape index (κ2) is 4.28. The number of thiophene rings is 1. The molecule has 1 saturated carbocycles. The molecule has 1 N–H and O–H groups in total. The van der Waals surface area contributed by atoms with Crippen LogP contribution in [0.1, 0.15) is 38.0 Å². The Bertz CT molecular complexity index is 438. The second-order valence-corrected chi connectivity index (χ2v) is 7.87. The minimum atomic E-state index is -0.819. The Morgan fingerprint density at radius 2 is 2.18 bits per heavy atom. The third kappa shape index (κ3) is 2.65. The number of nitrogens with zero attached hydrogens (tertiary/aromatic N) is 1. The summed E-state index contributed by atoms with van der Waals surface area (Å²) in [6, 6.07) is 4.25. The van der Waals surface area contributed by atoms with Gasteiger partial charge >= 0.3 is 6.09 Å². The number of carbonyl (C=O) groups is 1. The smallest absolute Gasteiger partial charge is 0.408 e. The number of amides is 1. The third-order valence-corrected chi connectivity index (χ3v) is 4.73. The fourth-order valence-corrected chi connectivity index (χ4v) is 3.82. The van der Waals surface area contributed by atoms with Crippen molar-refractivity contribution in [2.45, 2.75) is 44.7 Å². The molecule has 0 saturated heterocycles. The molecule has 0 aromatic carbocycles. The Balaban J connectivity index is 2.13. The fourth-order valence-electron chi connectivity index (χ4n) is 2.23. The molecule has 0 spiro atoms. The minimum absolute atomic E-state index is 0.137. The maximum Gasteiger partial charge on any atom is 0.408 e. The van der Waals surface area contributed by atoms with Crippen LogP contribution in [0.4, 0.5) is 4.79 Å². The van der Waals surface area contributed by atoms with Gasteiger partial charge in [-0.05, 0) is 55.3 Å². The van der Waals surface area contributed by atoms with Gasteiger partial charge in [0, 0.05) is 22.4 Å². The van der Waals surface area contributed by atoms with E-state index in [9.17, 15) is 9.90 Å². The fraction of sp³-hybridized carbons (Fsp3) is 0.583. The van der Waals surface area contributed by atoms with Gasteiger partial charge in [-0.3, -0.25) is 4.90 Å². The predicted octanol–water partition coefficient (Wildman–Crippen LogP) is 4.15. The van der Waals surface area contributed by atoms with E-state index in [0.717, 1.165) is 10.2 Å². The highest BCUT2D eigenvalue weighted by Gasteiger charge is 2.49. The summed E-state index contributed by atoms with van der Waals surface area (Å²) >= 11 is 5.14. The average Bonchev–Trinajstić information content (AvgIpc) is 2.77. The Morgan fingerprint density at radius 3 is 2.59 bits per heavy atom. The molecule has 1 aliphatic carbocycles. The lowest BCUT2D eigenvalue weighted by molar-refractivity contribution is 0.0941. The number of rotatable bonds is 2. The molecule has 1 amide bonds.